The molecule has 12 aromatic rings. The van der Waals surface area contributed by atoms with Crippen molar-refractivity contribution < 1.29 is 4.42 Å². The van der Waals surface area contributed by atoms with Gasteiger partial charge in [0.1, 0.15) is 11.2 Å². The molecule has 1 nitrogen and oxygen atoms in total. The maximum absolute atomic E-state index is 6.72. The lowest BCUT2D eigenvalue weighted by atomic mass is 9.84. The average molecular weight is 703 g/mol. The third-order valence-corrected chi connectivity index (χ3v) is 12.5. The molecular formula is C52H30OS. The number of hydrogen-bond donors (Lipinski definition) is 0. The van der Waals surface area contributed by atoms with Gasteiger partial charge in [-0.1, -0.05) is 140 Å². The molecule has 0 spiro atoms. The van der Waals surface area contributed by atoms with E-state index in [9.17, 15) is 0 Å². The van der Waals surface area contributed by atoms with E-state index in [2.05, 4.69) is 182 Å². The van der Waals surface area contributed by atoms with Gasteiger partial charge < -0.3 is 4.42 Å². The average Bonchev–Trinajstić information content (AvgIpc) is 3.78. The summed E-state index contributed by atoms with van der Waals surface area (Å²) in [7, 11) is 0. The Morgan fingerprint density at radius 1 is 0.296 bits per heavy atom. The van der Waals surface area contributed by atoms with Crippen LogP contribution >= 0.6 is 11.3 Å². The van der Waals surface area contributed by atoms with Gasteiger partial charge in [-0.2, -0.15) is 0 Å². The topological polar surface area (TPSA) is 13.1 Å². The van der Waals surface area contributed by atoms with Gasteiger partial charge in [0.15, 0.2) is 0 Å². The molecule has 0 N–H and O–H groups in total. The molecule has 12 rings (SSSR count). The maximum Gasteiger partial charge on any atom is 0.136 e. The summed E-state index contributed by atoms with van der Waals surface area (Å²) in [6.07, 6.45) is 0. The van der Waals surface area contributed by atoms with Gasteiger partial charge in [-0.25, -0.2) is 0 Å². The first kappa shape index (κ1) is 29.8. The molecule has 0 saturated heterocycles. The highest BCUT2D eigenvalue weighted by Gasteiger charge is 2.19. The number of rotatable bonds is 3. The minimum Gasteiger partial charge on any atom is -0.456 e. The summed E-state index contributed by atoms with van der Waals surface area (Å²) in [5.74, 6) is 0. The lowest BCUT2D eigenvalue weighted by Crippen LogP contribution is -1.91. The third-order valence-electron chi connectivity index (χ3n) is 11.4. The van der Waals surface area contributed by atoms with Crippen molar-refractivity contribution in [2.24, 2.45) is 0 Å². The van der Waals surface area contributed by atoms with E-state index in [1.54, 1.807) is 0 Å². The Kier molecular flexibility index (Phi) is 6.28. The van der Waals surface area contributed by atoms with Crippen molar-refractivity contribution in [1.29, 1.82) is 0 Å². The first-order chi connectivity index (χ1) is 26.7. The summed E-state index contributed by atoms with van der Waals surface area (Å²) in [5, 5.41) is 15.0. The van der Waals surface area contributed by atoms with Crippen LogP contribution < -0.4 is 0 Å². The Balaban J connectivity index is 1.01. The molecular weight excluding hydrogens is 673 g/mol. The molecule has 0 saturated carbocycles. The first-order valence-corrected chi connectivity index (χ1v) is 19.3. The Morgan fingerprint density at radius 2 is 0.796 bits per heavy atom. The SMILES string of the molecule is c1ccc2cc3c(cc2c1)sc1cc(-c2ccc4c(c2)oc2cc(-c5c6ccccc6c(-c6cccc7ccccc67)c6ccccc56)ccc24)ccc13. The predicted octanol–water partition coefficient (Wildman–Crippen LogP) is 15.6. The van der Waals surface area contributed by atoms with Gasteiger partial charge in [-0.15, -0.1) is 11.3 Å². The van der Waals surface area contributed by atoms with E-state index < -0.39 is 0 Å². The largest absolute Gasteiger partial charge is 0.456 e. The highest BCUT2D eigenvalue weighted by Crippen LogP contribution is 2.46. The zero-order valence-corrected chi connectivity index (χ0v) is 30.0. The summed E-state index contributed by atoms with van der Waals surface area (Å²) in [6, 6.07) is 66.7. The Morgan fingerprint density at radius 3 is 1.50 bits per heavy atom. The van der Waals surface area contributed by atoms with E-state index in [-0.39, 0.29) is 0 Å². The predicted molar refractivity (Wildman–Crippen MR) is 233 cm³/mol. The molecule has 0 aliphatic rings. The molecule has 2 heteroatoms. The van der Waals surface area contributed by atoms with Gasteiger partial charge in [0.05, 0.1) is 0 Å². The molecule has 2 heterocycles. The highest BCUT2D eigenvalue weighted by atomic mass is 32.1. The van der Waals surface area contributed by atoms with Crippen molar-refractivity contribution in [3.8, 4) is 33.4 Å². The lowest BCUT2D eigenvalue weighted by Gasteiger charge is -2.18. The molecule has 0 aliphatic heterocycles. The zero-order valence-electron chi connectivity index (χ0n) is 29.1. The van der Waals surface area contributed by atoms with Crippen molar-refractivity contribution in [2.75, 3.05) is 0 Å². The molecule has 250 valence electrons. The molecule has 0 aliphatic carbocycles. The van der Waals surface area contributed by atoms with E-state index >= 15 is 0 Å². The second-order valence-corrected chi connectivity index (χ2v) is 15.5. The van der Waals surface area contributed by atoms with Gasteiger partial charge in [0.25, 0.3) is 0 Å². The van der Waals surface area contributed by atoms with Crippen LogP contribution in [0.3, 0.4) is 0 Å². The molecule has 10 aromatic carbocycles. The molecule has 0 fully saturated rings. The van der Waals surface area contributed by atoms with E-state index in [0.717, 1.165) is 33.1 Å². The van der Waals surface area contributed by atoms with Crippen LogP contribution in [0.25, 0.3) is 119 Å². The summed E-state index contributed by atoms with van der Waals surface area (Å²) in [6.45, 7) is 0. The van der Waals surface area contributed by atoms with Gasteiger partial charge in [0.2, 0.25) is 0 Å². The van der Waals surface area contributed by atoms with Crippen LogP contribution in [0.5, 0.6) is 0 Å². The van der Waals surface area contributed by atoms with Gasteiger partial charge in [-0.3, -0.25) is 0 Å². The van der Waals surface area contributed by atoms with E-state index in [1.807, 2.05) is 11.3 Å². The van der Waals surface area contributed by atoms with Crippen LogP contribution in [-0.2, 0) is 0 Å². The number of thiophene rings is 1. The monoisotopic (exact) mass is 702 g/mol. The second kappa shape index (κ2) is 11.4. The quantitative estimate of drug-likeness (QED) is 0.167. The molecule has 2 aromatic heterocycles. The Hall–Kier alpha value is -6.74. The summed E-state index contributed by atoms with van der Waals surface area (Å²) in [4.78, 5) is 0. The number of furan rings is 1. The van der Waals surface area contributed by atoms with Crippen molar-refractivity contribution in [3.05, 3.63) is 182 Å². The van der Waals surface area contributed by atoms with Gasteiger partial charge >= 0.3 is 0 Å². The van der Waals surface area contributed by atoms with E-state index in [0.29, 0.717) is 0 Å². The fourth-order valence-corrected chi connectivity index (χ4v) is 10.1. The molecule has 0 atom stereocenters. The van der Waals surface area contributed by atoms with Crippen LogP contribution in [0, 0.1) is 0 Å². The van der Waals surface area contributed by atoms with Crippen LogP contribution in [0.15, 0.2) is 186 Å². The first-order valence-electron chi connectivity index (χ1n) is 18.5. The van der Waals surface area contributed by atoms with Crippen LogP contribution in [0.4, 0.5) is 0 Å². The molecule has 54 heavy (non-hydrogen) atoms. The fourth-order valence-electron chi connectivity index (χ4n) is 8.93. The van der Waals surface area contributed by atoms with Crippen molar-refractivity contribution in [2.45, 2.75) is 0 Å². The van der Waals surface area contributed by atoms with Gasteiger partial charge in [0, 0.05) is 30.9 Å². The number of hydrogen-bond acceptors (Lipinski definition) is 2. The fraction of sp³-hybridized carbons (Fsp3) is 0. The maximum atomic E-state index is 6.72. The molecule has 0 radical (unpaired) electrons. The van der Waals surface area contributed by atoms with Crippen LogP contribution in [0.2, 0.25) is 0 Å². The lowest BCUT2D eigenvalue weighted by molar-refractivity contribution is 0.669. The Bertz CT molecular complexity index is 3450. The second-order valence-electron chi connectivity index (χ2n) is 14.4. The molecule has 0 unspecified atom stereocenters. The van der Waals surface area contributed by atoms with Crippen LogP contribution in [-0.4, -0.2) is 0 Å². The highest BCUT2D eigenvalue weighted by molar-refractivity contribution is 7.25. The number of fused-ring (bicyclic) bond motifs is 10. The smallest absolute Gasteiger partial charge is 0.136 e. The zero-order chi connectivity index (χ0) is 35.3. The summed E-state index contributed by atoms with van der Waals surface area (Å²) < 4.78 is 9.36. The van der Waals surface area contributed by atoms with Crippen molar-refractivity contribution >= 4 is 96.5 Å². The minimum absolute atomic E-state index is 0.901. The van der Waals surface area contributed by atoms with Gasteiger partial charge in [-0.05, 0) is 119 Å². The van der Waals surface area contributed by atoms with Crippen molar-refractivity contribution in [3.63, 3.8) is 0 Å². The van der Waals surface area contributed by atoms with E-state index in [4.69, 9.17) is 4.42 Å². The summed E-state index contributed by atoms with van der Waals surface area (Å²) >= 11 is 1.87. The Labute approximate surface area is 314 Å². The van der Waals surface area contributed by atoms with E-state index in [1.165, 1.54) is 85.5 Å². The minimum atomic E-state index is 0.901. The normalized spacial score (nSPS) is 12.1. The third kappa shape index (κ3) is 4.38. The molecule has 0 bridgehead atoms. The van der Waals surface area contributed by atoms with Crippen molar-refractivity contribution in [1.82, 2.24) is 0 Å². The number of benzene rings is 10. The standard InChI is InChI=1S/C52H30OS/c1-2-12-33-29-50-46(26-32(33)11-1)40-25-21-35(30-49(40)54-50)34-20-23-38-39-24-22-36(28-48(39)53-47(38)27-34)51-42-15-5-7-17-44(42)52(45-18-8-6-16-43(45)51)41-19-9-13-31-10-3-4-14-37(31)41/h1-30H. The molecule has 0 amide bonds. The van der Waals surface area contributed by atoms with Crippen LogP contribution in [0.1, 0.15) is 0 Å². The summed E-state index contributed by atoms with van der Waals surface area (Å²) in [5.41, 5.74) is 9.09.